The second kappa shape index (κ2) is 8.08. The maximum atomic E-state index is 13.6. The van der Waals surface area contributed by atoms with Gasteiger partial charge in [-0.15, -0.1) is 0 Å². The lowest BCUT2D eigenvalue weighted by atomic mass is 9.91. The predicted molar refractivity (Wildman–Crippen MR) is 96.0 cm³/mol. The molecule has 0 N–H and O–H groups in total. The van der Waals surface area contributed by atoms with Crippen LogP contribution in [0.2, 0.25) is 0 Å². The Balaban J connectivity index is 1.81. The van der Waals surface area contributed by atoms with Gasteiger partial charge in [0.25, 0.3) is 5.91 Å². The SMILES string of the molecule is COC1CCC(N(Cc2cc(F)cc(F)c2)C(=O)C2=CC(C)=NC2)CC1. The van der Waals surface area contributed by atoms with E-state index in [-0.39, 0.29) is 24.6 Å². The quantitative estimate of drug-likeness (QED) is 0.802. The van der Waals surface area contributed by atoms with E-state index in [9.17, 15) is 13.6 Å². The number of carbonyl (C=O) groups excluding carboxylic acids is 1. The first kappa shape index (κ1) is 18.7. The van der Waals surface area contributed by atoms with Gasteiger partial charge in [-0.05, 0) is 56.4 Å². The van der Waals surface area contributed by atoms with E-state index < -0.39 is 11.6 Å². The highest BCUT2D eigenvalue weighted by atomic mass is 19.1. The van der Waals surface area contributed by atoms with E-state index in [1.165, 1.54) is 12.1 Å². The van der Waals surface area contributed by atoms with Crippen LogP contribution in [0.3, 0.4) is 0 Å². The molecular weight excluding hydrogens is 338 g/mol. The molecule has 0 radical (unpaired) electrons. The maximum Gasteiger partial charge on any atom is 0.252 e. The lowest BCUT2D eigenvalue weighted by Crippen LogP contribution is -2.43. The molecule has 1 aromatic carbocycles. The smallest absolute Gasteiger partial charge is 0.252 e. The van der Waals surface area contributed by atoms with E-state index in [1.54, 1.807) is 18.1 Å². The van der Waals surface area contributed by atoms with Crippen LogP contribution in [0.4, 0.5) is 8.78 Å². The molecule has 1 fully saturated rings. The van der Waals surface area contributed by atoms with Crippen LogP contribution in [0.25, 0.3) is 0 Å². The molecule has 0 saturated heterocycles. The second-order valence-corrected chi connectivity index (χ2v) is 7.00. The molecule has 4 nitrogen and oxygen atoms in total. The number of methoxy groups -OCH3 is 1. The topological polar surface area (TPSA) is 41.9 Å². The zero-order valence-corrected chi connectivity index (χ0v) is 15.2. The first-order valence-corrected chi connectivity index (χ1v) is 8.96. The number of nitrogens with zero attached hydrogens (tertiary/aromatic N) is 2. The third kappa shape index (κ3) is 4.36. The van der Waals surface area contributed by atoms with Gasteiger partial charge in [0, 0.05) is 37.0 Å². The van der Waals surface area contributed by atoms with Crippen molar-refractivity contribution in [2.45, 2.75) is 51.3 Å². The first-order chi connectivity index (χ1) is 12.5. The Hall–Kier alpha value is -2.08. The standard InChI is InChI=1S/C20H24F2N2O2/c1-13-7-15(11-23-13)20(25)24(18-3-5-19(26-2)6-4-18)12-14-8-16(21)10-17(22)9-14/h7-10,18-19H,3-6,11-12H2,1-2H3. The van der Waals surface area contributed by atoms with E-state index in [4.69, 9.17) is 4.74 Å². The predicted octanol–water partition coefficient (Wildman–Crippen LogP) is 3.65. The summed E-state index contributed by atoms with van der Waals surface area (Å²) in [5.74, 6) is -1.36. The first-order valence-electron chi connectivity index (χ1n) is 8.96. The average molecular weight is 362 g/mol. The fourth-order valence-electron chi connectivity index (χ4n) is 3.73. The summed E-state index contributed by atoms with van der Waals surface area (Å²) in [5, 5.41) is 0. The molecule has 1 saturated carbocycles. The molecule has 0 unspecified atom stereocenters. The van der Waals surface area contributed by atoms with Crippen molar-refractivity contribution in [1.82, 2.24) is 4.90 Å². The molecule has 0 bridgehead atoms. The number of allylic oxidation sites excluding steroid dienone is 1. The van der Waals surface area contributed by atoms with E-state index in [0.29, 0.717) is 17.7 Å². The summed E-state index contributed by atoms with van der Waals surface area (Å²) in [6.07, 6.45) is 5.38. The minimum absolute atomic E-state index is 0.0297. The monoisotopic (exact) mass is 362 g/mol. The van der Waals surface area contributed by atoms with E-state index in [1.807, 2.05) is 6.92 Å². The highest BCUT2D eigenvalue weighted by molar-refractivity contribution is 6.06. The Labute approximate surface area is 152 Å². The Morgan fingerprint density at radius 3 is 2.38 bits per heavy atom. The molecule has 1 aliphatic heterocycles. The van der Waals surface area contributed by atoms with Crippen LogP contribution in [-0.2, 0) is 16.1 Å². The Kier molecular flexibility index (Phi) is 5.81. The van der Waals surface area contributed by atoms with Gasteiger partial charge in [0.1, 0.15) is 11.6 Å². The molecule has 140 valence electrons. The van der Waals surface area contributed by atoms with Crippen LogP contribution in [0.5, 0.6) is 0 Å². The second-order valence-electron chi connectivity index (χ2n) is 7.00. The van der Waals surface area contributed by atoms with Gasteiger partial charge in [0.2, 0.25) is 0 Å². The molecule has 1 amide bonds. The Morgan fingerprint density at radius 1 is 1.19 bits per heavy atom. The van der Waals surface area contributed by atoms with Crippen molar-refractivity contribution in [3.8, 4) is 0 Å². The zero-order valence-electron chi connectivity index (χ0n) is 15.2. The Morgan fingerprint density at radius 2 is 1.85 bits per heavy atom. The molecule has 1 aliphatic carbocycles. The largest absolute Gasteiger partial charge is 0.381 e. The number of halogens is 2. The van der Waals surface area contributed by atoms with Crippen LogP contribution in [0.15, 0.2) is 34.8 Å². The Bertz CT molecular complexity index is 717. The number of aliphatic imine (C=N–C) groups is 1. The van der Waals surface area contributed by atoms with Crippen LogP contribution < -0.4 is 0 Å². The highest BCUT2D eigenvalue weighted by Gasteiger charge is 2.31. The van der Waals surface area contributed by atoms with E-state index in [2.05, 4.69) is 4.99 Å². The summed E-state index contributed by atoms with van der Waals surface area (Å²) in [6.45, 7) is 2.41. The number of benzene rings is 1. The minimum atomic E-state index is -0.630. The molecule has 1 aromatic rings. The molecule has 26 heavy (non-hydrogen) atoms. The van der Waals surface area contributed by atoms with Crippen LogP contribution in [0, 0.1) is 11.6 Å². The van der Waals surface area contributed by atoms with Crippen molar-refractivity contribution in [1.29, 1.82) is 0 Å². The van der Waals surface area contributed by atoms with Crippen molar-refractivity contribution in [3.63, 3.8) is 0 Å². The van der Waals surface area contributed by atoms with Crippen molar-refractivity contribution < 1.29 is 18.3 Å². The van der Waals surface area contributed by atoms with Crippen molar-refractivity contribution in [3.05, 3.63) is 47.0 Å². The third-order valence-electron chi connectivity index (χ3n) is 5.11. The fourth-order valence-corrected chi connectivity index (χ4v) is 3.73. The molecular formula is C20H24F2N2O2. The lowest BCUT2D eigenvalue weighted by molar-refractivity contribution is -0.131. The average Bonchev–Trinajstić information content (AvgIpc) is 3.05. The third-order valence-corrected chi connectivity index (χ3v) is 5.11. The summed E-state index contributed by atoms with van der Waals surface area (Å²) in [5.41, 5.74) is 1.92. The summed E-state index contributed by atoms with van der Waals surface area (Å²) in [6, 6.07) is 3.45. The summed E-state index contributed by atoms with van der Waals surface area (Å²) in [4.78, 5) is 19.1. The molecule has 1 heterocycles. The van der Waals surface area contributed by atoms with E-state index in [0.717, 1.165) is 37.5 Å². The van der Waals surface area contributed by atoms with Crippen molar-refractivity contribution >= 4 is 11.6 Å². The number of carbonyl (C=O) groups is 1. The normalized spacial score (nSPS) is 22.8. The van der Waals surface area contributed by atoms with Gasteiger partial charge in [0.15, 0.2) is 0 Å². The summed E-state index contributed by atoms with van der Waals surface area (Å²) < 4.78 is 32.6. The number of ether oxygens (including phenoxy) is 1. The van der Waals surface area contributed by atoms with Gasteiger partial charge in [-0.3, -0.25) is 9.79 Å². The van der Waals surface area contributed by atoms with Gasteiger partial charge in [-0.25, -0.2) is 8.78 Å². The number of rotatable bonds is 5. The highest BCUT2D eigenvalue weighted by Crippen LogP contribution is 2.28. The lowest BCUT2D eigenvalue weighted by Gasteiger charge is -2.37. The molecule has 6 heteroatoms. The zero-order chi connectivity index (χ0) is 18.7. The summed E-state index contributed by atoms with van der Waals surface area (Å²) >= 11 is 0. The molecule has 2 aliphatic rings. The minimum Gasteiger partial charge on any atom is -0.381 e. The van der Waals surface area contributed by atoms with Gasteiger partial charge in [-0.2, -0.15) is 0 Å². The van der Waals surface area contributed by atoms with Gasteiger partial charge < -0.3 is 9.64 Å². The van der Waals surface area contributed by atoms with Gasteiger partial charge >= 0.3 is 0 Å². The van der Waals surface area contributed by atoms with Crippen molar-refractivity contribution in [2.75, 3.05) is 13.7 Å². The summed E-state index contributed by atoms with van der Waals surface area (Å²) in [7, 11) is 1.70. The number of hydrogen-bond acceptors (Lipinski definition) is 3. The van der Waals surface area contributed by atoms with E-state index >= 15 is 0 Å². The molecule has 0 spiro atoms. The van der Waals surface area contributed by atoms with Gasteiger partial charge in [-0.1, -0.05) is 0 Å². The fraction of sp³-hybridized carbons (Fsp3) is 0.500. The number of hydrogen-bond donors (Lipinski definition) is 0. The maximum absolute atomic E-state index is 13.6. The molecule has 0 atom stereocenters. The van der Waals surface area contributed by atoms with Crippen LogP contribution in [-0.4, -0.2) is 42.3 Å². The van der Waals surface area contributed by atoms with Crippen molar-refractivity contribution in [2.24, 2.45) is 4.99 Å². The van der Waals surface area contributed by atoms with Gasteiger partial charge in [0.05, 0.1) is 12.6 Å². The molecule has 3 rings (SSSR count). The number of amides is 1. The van der Waals surface area contributed by atoms with Crippen LogP contribution >= 0.6 is 0 Å². The molecule has 0 aromatic heterocycles. The van der Waals surface area contributed by atoms with Crippen LogP contribution in [0.1, 0.15) is 38.2 Å².